The predicted octanol–water partition coefficient (Wildman–Crippen LogP) is 0.333. The van der Waals surface area contributed by atoms with Gasteiger partial charge >= 0.3 is 0 Å². The molecule has 9 heavy (non-hydrogen) atoms. The summed E-state index contributed by atoms with van der Waals surface area (Å²) in [7, 11) is 0. The molecule has 0 aromatic rings. The van der Waals surface area contributed by atoms with E-state index in [2.05, 4.69) is 17.1 Å². The van der Waals surface area contributed by atoms with Crippen LogP contribution < -0.4 is 5.32 Å². The Bertz CT molecular complexity index is 62.1. The highest BCUT2D eigenvalue weighted by Crippen LogP contribution is 1.88. The molecule has 0 unspecified atom stereocenters. The van der Waals surface area contributed by atoms with E-state index in [1.807, 2.05) is 0 Å². The molecule has 0 aromatic carbocycles. The van der Waals surface area contributed by atoms with E-state index in [9.17, 15) is 0 Å². The van der Waals surface area contributed by atoms with Crippen LogP contribution in [0.3, 0.4) is 0 Å². The lowest BCUT2D eigenvalue weighted by atomic mass is 10.4. The molecule has 0 saturated carbocycles. The van der Waals surface area contributed by atoms with Crippen molar-refractivity contribution in [3.8, 4) is 0 Å². The van der Waals surface area contributed by atoms with Crippen molar-refractivity contribution in [2.45, 2.75) is 6.92 Å². The van der Waals surface area contributed by atoms with Gasteiger partial charge in [0.15, 0.2) is 0 Å². The first-order chi connectivity index (χ1) is 3.93. The van der Waals surface area contributed by atoms with Crippen LogP contribution in [0.5, 0.6) is 0 Å². The fourth-order valence-corrected chi connectivity index (χ4v) is 1.03. The highest BCUT2D eigenvalue weighted by molar-refractivity contribution is 5.85. The SMILES string of the molecule is CCN1CCNCC1.Cl. The van der Waals surface area contributed by atoms with Crippen molar-refractivity contribution in [3.05, 3.63) is 0 Å². The van der Waals surface area contributed by atoms with Crippen LogP contribution in [0.1, 0.15) is 6.92 Å². The summed E-state index contributed by atoms with van der Waals surface area (Å²) in [5.74, 6) is 0. The molecule has 1 rings (SSSR count). The first kappa shape index (κ1) is 9.21. The Labute approximate surface area is 63.0 Å². The molecule has 1 heterocycles. The quantitative estimate of drug-likeness (QED) is 0.580. The van der Waals surface area contributed by atoms with Crippen LogP contribution in [-0.2, 0) is 0 Å². The van der Waals surface area contributed by atoms with Gasteiger partial charge < -0.3 is 10.2 Å². The Kier molecular flexibility index (Phi) is 5.15. The van der Waals surface area contributed by atoms with Gasteiger partial charge in [-0.2, -0.15) is 0 Å². The topological polar surface area (TPSA) is 15.3 Å². The fourth-order valence-electron chi connectivity index (χ4n) is 1.03. The maximum Gasteiger partial charge on any atom is 0.0107 e. The number of halogens is 1. The van der Waals surface area contributed by atoms with E-state index in [0.717, 1.165) is 0 Å². The van der Waals surface area contributed by atoms with E-state index < -0.39 is 0 Å². The van der Waals surface area contributed by atoms with Gasteiger partial charge in [-0.15, -0.1) is 12.4 Å². The van der Waals surface area contributed by atoms with Gasteiger partial charge in [-0.05, 0) is 6.54 Å². The Balaban J connectivity index is 0.000000640. The second kappa shape index (κ2) is 5.03. The maximum absolute atomic E-state index is 3.31. The first-order valence-electron chi connectivity index (χ1n) is 3.36. The standard InChI is InChI=1S/C6H14N2.ClH/c1-2-8-5-3-7-4-6-8;/h7H,2-6H2,1H3;1H. The first-order valence-corrected chi connectivity index (χ1v) is 3.36. The summed E-state index contributed by atoms with van der Waals surface area (Å²) in [5, 5.41) is 3.31. The molecule has 1 fully saturated rings. The van der Waals surface area contributed by atoms with E-state index in [0.29, 0.717) is 0 Å². The van der Waals surface area contributed by atoms with Gasteiger partial charge in [0.2, 0.25) is 0 Å². The molecular formula is C6H15ClN2. The monoisotopic (exact) mass is 150 g/mol. The van der Waals surface area contributed by atoms with E-state index in [1.54, 1.807) is 0 Å². The average molecular weight is 151 g/mol. The molecule has 56 valence electrons. The Morgan fingerprint density at radius 1 is 1.33 bits per heavy atom. The van der Waals surface area contributed by atoms with Crippen molar-refractivity contribution in [1.29, 1.82) is 0 Å². The number of hydrogen-bond acceptors (Lipinski definition) is 2. The number of likely N-dealkylation sites (N-methyl/N-ethyl adjacent to an activating group) is 1. The Morgan fingerprint density at radius 3 is 2.22 bits per heavy atom. The van der Waals surface area contributed by atoms with Gasteiger partial charge in [0.05, 0.1) is 0 Å². The molecule has 1 saturated heterocycles. The number of nitrogens with zero attached hydrogens (tertiary/aromatic N) is 1. The normalized spacial score (nSPS) is 21.0. The van der Waals surface area contributed by atoms with E-state index in [1.165, 1.54) is 32.7 Å². The number of piperazine rings is 1. The minimum Gasteiger partial charge on any atom is -0.314 e. The minimum atomic E-state index is 0. The number of nitrogens with one attached hydrogen (secondary N) is 1. The summed E-state index contributed by atoms with van der Waals surface area (Å²) in [4.78, 5) is 2.45. The van der Waals surface area contributed by atoms with Crippen molar-refractivity contribution in [1.82, 2.24) is 10.2 Å². The van der Waals surface area contributed by atoms with E-state index >= 15 is 0 Å². The van der Waals surface area contributed by atoms with Gasteiger partial charge in [0.1, 0.15) is 0 Å². The summed E-state index contributed by atoms with van der Waals surface area (Å²) in [6.07, 6.45) is 0. The highest BCUT2D eigenvalue weighted by atomic mass is 35.5. The van der Waals surface area contributed by atoms with Gasteiger partial charge in [0, 0.05) is 26.2 Å². The lowest BCUT2D eigenvalue weighted by Gasteiger charge is -2.25. The smallest absolute Gasteiger partial charge is 0.0107 e. The minimum absolute atomic E-state index is 0. The molecule has 0 atom stereocenters. The van der Waals surface area contributed by atoms with Crippen LogP contribution >= 0.6 is 12.4 Å². The van der Waals surface area contributed by atoms with Gasteiger partial charge in [-0.25, -0.2) is 0 Å². The zero-order valence-corrected chi connectivity index (χ0v) is 6.71. The van der Waals surface area contributed by atoms with Crippen LogP contribution in [-0.4, -0.2) is 37.6 Å². The van der Waals surface area contributed by atoms with Crippen molar-refractivity contribution in [3.63, 3.8) is 0 Å². The number of rotatable bonds is 1. The Hall–Kier alpha value is 0.210. The summed E-state index contributed by atoms with van der Waals surface area (Å²) < 4.78 is 0. The predicted molar refractivity (Wildman–Crippen MR) is 42.2 cm³/mol. The van der Waals surface area contributed by atoms with Crippen molar-refractivity contribution in [2.24, 2.45) is 0 Å². The molecule has 0 radical (unpaired) electrons. The Morgan fingerprint density at radius 2 is 1.89 bits per heavy atom. The summed E-state index contributed by atoms with van der Waals surface area (Å²) in [6.45, 7) is 8.24. The largest absolute Gasteiger partial charge is 0.314 e. The van der Waals surface area contributed by atoms with Crippen LogP contribution in [0.15, 0.2) is 0 Å². The van der Waals surface area contributed by atoms with Gasteiger partial charge in [0.25, 0.3) is 0 Å². The molecule has 1 aliphatic rings. The molecule has 1 aliphatic heterocycles. The molecule has 3 heteroatoms. The molecule has 0 amide bonds. The van der Waals surface area contributed by atoms with E-state index in [4.69, 9.17) is 0 Å². The van der Waals surface area contributed by atoms with Crippen LogP contribution in [0.25, 0.3) is 0 Å². The third-order valence-corrected chi connectivity index (χ3v) is 1.66. The van der Waals surface area contributed by atoms with E-state index in [-0.39, 0.29) is 12.4 Å². The molecule has 0 spiro atoms. The lowest BCUT2D eigenvalue weighted by molar-refractivity contribution is 0.253. The lowest BCUT2D eigenvalue weighted by Crippen LogP contribution is -2.43. The van der Waals surface area contributed by atoms with Crippen molar-refractivity contribution < 1.29 is 0 Å². The maximum atomic E-state index is 3.31. The van der Waals surface area contributed by atoms with Crippen molar-refractivity contribution >= 4 is 12.4 Å². The summed E-state index contributed by atoms with van der Waals surface area (Å²) >= 11 is 0. The molecule has 1 N–H and O–H groups in total. The van der Waals surface area contributed by atoms with Crippen molar-refractivity contribution in [2.75, 3.05) is 32.7 Å². The summed E-state index contributed by atoms with van der Waals surface area (Å²) in [6, 6.07) is 0. The second-order valence-electron chi connectivity index (χ2n) is 2.18. The van der Waals surface area contributed by atoms with Crippen LogP contribution in [0.2, 0.25) is 0 Å². The zero-order valence-electron chi connectivity index (χ0n) is 5.89. The third kappa shape index (κ3) is 3.04. The van der Waals surface area contributed by atoms with Crippen LogP contribution in [0, 0.1) is 0 Å². The van der Waals surface area contributed by atoms with Gasteiger partial charge in [-0.1, -0.05) is 6.92 Å². The molecular weight excluding hydrogens is 136 g/mol. The van der Waals surface area contributed by atoms with Gasteiger partial charge in [-0.3, -0.25) is 0 Å². The molecule has 2 nitrogen and oxygen atoms in total. The molecule has 0 aromatic heterocycles. The number of hydrogen-bond donors (Lipinski definition) is 1. The average Bonchev–Trinajstić information content (AvgIpc) is 1.90. The fraction of sp³-hybridized carbons (Fsp3) is 1.00. The summed E-state index contributed by atoms with van der Waals surface area (Å²) in [5.41, 5.74) is 0. The third-order valence-electron chi connectivity index (χ3n) is 1.66. The second-order valence-corrected chi connectivity index (χ2v) is 2.18. The van der Waals surface area contributed by atoms with Crippen LogP contribution in [0.4, 0.5) is 0 Å². The molecule has 0 aliphatic carbocycles. The highest BCUT2D eigenvalue weighted by Gasteiger charge is 2.04. The molecule has 0 bridgehead atoms. The zero-order chi connectivity index (χ0) is 5.82.